The highest BCUT2D eigenvalue weighted by molar-refractivity contribution is 6.30. The molecule has 0 spiro atoms. The Morgan fingerprint density at radius 1 is 1.53 bits per heavy atom. The Morgan fingerprint density at radius 2 is 2.20 bits per heavy atom. The maximum Gasteiger partial charge on any atom is 0.148 e. The van der Waals surface area contributed by atoms with Crippen molar-refractivity contribution in [2.24, 2.45) is 0 Å². The van der Waals surface area contributed by atoms with Gasteiger partial charge in [0, 0.05) is 11.6 Å². The van der Waals surface area contributed by atoms with Crippen LogP contribution in [0.5, 0.6) is 0 Å². The Kier molecular flexibility index (Phi) is 4.30. The highest BCUT2D eigenvalue weighted by Gasteiger charge is 2.06. The average Bonchev–Trinajstić information content (AvgIpc) is 2.23. The Bertz CT molecular complexity index is 374. The summed E-state index contributed by atoms with van der Waals surface area (Å²) >= 11 is 5.69. The fraction of sp³-hybridized carbons (Fsp3) is 0.333. The van der Waals surface area contributed by atoms with Crippen LogP contribution in [0.4, 0.5) is 4.39 Å². The number of hydrogen-bond donors (Lipinski definition) is 1. The first-order valence-corrected chi connectivity index (χ1v) is 5.23. The van der Waals surface area contributed by atoms with Crippen molar-refractivity contribution >= 4 is 17.7 Å². The summed E-state index contributed by atoms with van der Waals surface area (Å²) in [5.74, 6) is -0.359. The van der Waals surface area contributed by atoms with Crippen molar-refractivity contribution < 1.29 is 4.39 Å². The molecule has 0 heterocycles. The molecule has 0 radical (unpaired) electrons. The summed E-state index contributed by atoms with van der Waals surface area (Å²) in [5.41, 5.74) is 1.60. The number of nitrogens with one attached hydrogen (secondary N) is 1. The predicted octanol–water partition coefficient (Wildman–Crippen LogP) is 3.49. The minimum Gasteiger partial charge on any atom is -0.314 e. The molecule has 0 saturated carbocycles. The van der Waals surface area contributed by atoms with E-state index in [9.17, 15) is 4.39 Å². The number of hydrogen-bond acceptors (Lipinski definition) is 1. The predicted molar refractivity (Wildman–Crippen MR) is 63.6 cm³/mol. The van der Waals surface area contributed by atoms with Crippen LogP contribution in [0.2, 0.25) is 5.02 Å². The molecule has 1 rings (SSSR count). The summed E-state index contributed by atoms with van der Waals surface area (Å²) in [6.45, 7) is 3.98. The molecular weight excluding hydrogens is 213 g/mol. The first-order valence-electron chi connectivity index (χ1n) is 4.85. The first kappa shape index (κ1) is 12.2. The highest BCUT2D eigenvalue weighted by Crippen LogP contribution is 2.20. The Morgan fingerprint density at radius 3 is 2.80 bits per heavy atom. The van der Waals surface area contributed by atoms with Crippen LogP contribution in [-0.4, -0.2) is 13.1 Å². The number of likely N-dealkylation sites (N-methyl/N-ethyl adjacent to an activating group) is 1. The minimum absolute atomic E-state index is 0.161. The molecule has 0 aliphatic carbocycles. The van der Waals surface area contributed by atoms with Gasteiger partial charge in [-0.3, -0.25) is 0 Å². The molecule has 1 aromatic carbocycles. The van der Waals surface area contributed by atoms with Gasteiger partial charge in [0.15, 0.2) is 0 Å². The van der Waals surface area contributed by atoms with E-state index in [1.54, 1.807) is 18.2 Å². The average molecular weight is 228 g/mol. The van der Waals surface area contributed by atoms with Crippen molar-refractivity contribution in [3.8, 4) is 0 Å². The van der Waals surface area contributed by atoms with Crippen LogP contribution < -0.4 is 5.32 Å². The fourth-order valence-corrected chi connectivity index (χ4v) is 1.41. The molecule has 0 saturated heterocycles. The van der Waals surface area contributed by atoms with E-state index >= 15 is 0 Å². The van der Waals surface area contributed by atoms with Gasteiger partial charge in [0.25, 0.3) is 0 Å². The molecule has 1 atom stereocenters. The summed E-state index contributed by atoms with van der Waals surface area (Å²) in [7, 11) is 1.87. The van der Waals surface area contributed by atoms with Crippen LogP contribution in [0.3, 0.4) is 0 Å². The van der Waals surface area contributed by atoms with E-state index in [2.05, 4.69) is 5.32 Å². The number of halogens is 2. The zero-order valence-corrected chi connectivity index (χ0v) is 9.90. The number of rotatable bonds is 3. The van der Waals surface area contributed by atoms with E-state index in [0.29, 0.717) is 5.56 Å². The second-order valence-corrected chi connectivity index (χ2v) is 3.95. The monoisotopic (exact) mass is 227 g/mol. The SMILES string of the molecule is CNC(C)/C(C)=C/c1cccc(Cl)c1F. The summed E-state index contributed by atoms with van der Waals surface area (Å²) in [4.78, 5) is 0. The molecule has 1 nitrogen and oxygen atoms in total. The maximum atomic E-state index is 13.5. The van der Waals surface area contributed by atoms with Gasteiger partial charge in [0.1, 0.15) is 5.82 Å². The second-order valence-electron chi connectivity index (χ2n) is 3.54. The van der Waals surface area contributed by atoms with Crippen molar-refractivity contribution in [1.82, 2.24) is 5.32 Å². The molecule has 0 aliphatic heterocycles. The first-order chi connectivity index (χ1) is 7.06. The maximum absolute atomic E-state index is 13.5. The largest absolute Gasteiger partial charge is 0.314 e. The van der Waals surface area contributed by atoms with Crippen molar-refractivity contribution in [3.63, 3.8) is 0 Å². The van der Waals surface area contributed by atoms with E-state index in [4.69, 9.17) is 11.6 Å². The van der Waals surface area contributed by atoms with Crippen LogP contribution in [-0.2, 0) is 0 Å². The third-order valence-corrected chi connectivity index (χ3v) is 2.77. The molecule has 82 valence electrons. The van der Waals surface area contributed by atoms with Gasteiger partial charge in [-0.1, -0.05) is 35.4 Å². The lowest BCUT2D eigenvalue weighted by Crippen LogP contribution is -2.22. The zero-order valence-electron chi connectivity index (χ0n) is 9.14. The Hall–Kier alpha value is -0.860. The molecule has 1 unspecified atom stereocenters. The fourth-order valence-electron chi connectivity index (χ4n) is 1.23. The van der Waals surface area contributed by atoms with Crippen molar-refractivity contribution in [1.29, 1.82) is 0 Å². The summed E-state index contributed by atoms with van der Waals surface area (Å²) in [6, 6.07) is 5.23. The van der Waals surface area contributed by atoms with E-state index in [-0.39, 0.29) is 16.9 Å². The molecule has 1 N–H and O–H groups in total. The molecule has 0 aliphatic rings. The van der Waals surface area contributed by atoms with Gasteiger partial charge < -0.3 is 5.32 Å². The van der Waals surface area contributed by atoms with Gasteiger partial charge >= 0.3 is 0 Å². The van der Waals surface area contributed by atoms with Crippen molar-refractivity contribution in [3.05, 3.63) is 40.2 Å². The second kappa shape index (κ2) is 5.29. The Balaban J connectivity index is 3.03. The number of benzene rings is 1. The quantitative estimate of drug-likeness (QED) is 0.834. The van der Waals surface area contributed by atoms with Crippen LogP contribution in [0.15, 0.2) is 23.8 Å². The molecule has 0 amide bonds. The highest BCUT2D eigenvalue weighted by atomic mass is 35.5. The van der Waals surface area contributed by atoms with E-state index in [1.807, 2.05) is 27.0 Å². The third kappa shape index (κ3) is 3.05. The van der Waals surface area contributed by atoms with E-state index < -0.39 is 0 Å². The summed E-state index contributed by atoms with van der Waals surface area (Å²) in [5, 5.41) is 3.26. The lowest BCUT2D eigenvalue weighted by Gasteiger charge is -2.11. The lowest BCUT2D eigenvalue weighted by molar-refractivity contribution is 0.624. The van der Waals surface area contributed by atoms with Gasteiger partial charge in [0.05, 0.1) is 5.02 Å². The van der Waals surface area contributed by atoms with Gasteiger partial charge in [-0.05, 0) is 27.0 Å². The normalized spacial score (nSPS) is 14.1. The van der Waals surface area contributed by atoms with Crippen LogP contribution in [0.25, 0.3) is 6.08 Å². The van der Waals surface area contributed by atoms with E-state index in [0.717, 1.165) is 5.57 Å². The standard InChI is InChI=1S/C12H15ClFN/c1-8(9(2)15-3)7-10-5-4-6-11(13)12(10)14/h4-7,9,15H,1-3H3/b8-7+. The molecule has 0 fully saturated rings. The van der Waals surface area contributed by atoms with Crippen LogP contribution >= 0.6 is 11.6 Å². The summed E-state index contributed by atoms with van der Waals surface area (Å²) in [6.07, 6.45) is 1.81. The molecule has 15 heavy (non-hydrogen) atoms. The van der Waals surface area contributed by atoms with Gasteiger partial charge in [-0.2, -0.15) is 0 Å². The smallest absolute Gasteiger partial charge is 0.148 e. The van der Waals surface area contributed by atoms with Gasteiger partial charge in [-0.15, -0.1) is 0 Å². The van der Waals surface area contributed by atoms with Crippen LogP contribution in [0, 0.1) is 5.82 Å². The zero-order chi connectivity index (χ0) is 11.4. The molecule has 0 bridgehead atoms. The molecule has 3 heteroatoms. The summed E-state index contributed by atoms with van der Waals surface area (Å²) < 4.78 is 13.5. The topological polar surface area (TPSA) is 12.0 Å². The Labute approximate surface area is 95.0 Å². The van der Waals surface area contributed by atoms with Crippen molar-refractivity contribution in [2.45, 2.75) is 19.9 Å². The minimum atomic E-state index is -0.359. The molecular formula is C12H15ClFN. The van der Waals surface area contributed by atoms with Crippen molar-refractivity contribution in [2.75, 3.05) is 7.05 Å². The van der Waals surface area contributed by atoms with Crippen LogP contribution in [0.1, 0.15) is 19.4 Å². The van der Waals surface area contributed by atoms with Gasteiger partial charge in [-0.25, -0.2) is 4.39 Å². The van der Waals surface area contributed by atoms with E-state index in [1.165, 1.54) is 0 Å². The van der Waals surface area contributed by atoms with Gasteiger partial charge in [0.2, 0.25) is 0 Å². The molecule has 0 aromatic heterocycles. The molecule has 1 aromatic rings. The third-order valence-electron chi connectivity index (χ3n) is 2.48. The lowest BCUT2D eigenvalue weighted by atomic mass is 10.1.